The van der Waals surface area contributed by atoms with Gasteiger partial charge in [0.05, 0.1) is 40.8 Å². The monoisotopic (exact) mass is 648 g/mol. The summed E-state index contributed by atoms with van der Waals surface area (Å²) in [4.78, 5) is 39.7. The topological polar surface area (TPSA) is 128 Å². The van der Waals surface area contributed by atoms with Crippen molar-refractivity contribution >= 4 is 27.9 Å². The van der Waals surface area contributed by atoms with Crippen molar-refractivity contribution in [2.24, 2.45) is 0 Å². The van der Waals surface area contributed by atoms with Gasteiger partial charge in [0.1, 0.15) is 18.1 Å². The molecule has 2 aromatic carbocycles. The van der Waals surface area contributed by atoms with Gasteiger partial charge in [-0.3, -0.25) is 4.79 Å². The van der Waals surface area contributed by atoms with Gasteiger partial charge in [0, 0.05) is 18.0 Å². The summed E-state index contributed by atoms with van der Waals surface area (Å²) in [6, 6.07) is 10.2. The van der Waals surface area contributed by atoms with Crippen LogP contribution in [0.3, 0.4) is 0 Å². The summed E-state index contributed by atoms with van der Waals surface area (Å²) in [7, 11) is -4.18. The molecule has 1 N–H and O–H groups in total. The molecule has 2 aromatic rings. The maximum absolute atomic E-state index is 14.3. The van der Waals surface area contributed by atoms with Crippen LogP contribution in [-0.4, -0.2) is 63.0 Å². The summed E-state index contributed by atoms with van der Waals surface area (Å²) in [5.74, 6) is -4.37. The van der Waals surface area contributed by atoms with Crippen molar-refractivity contribution in [3.05, 3.63) is 87.8 Å². The van der Waals surface area contributed by atoms with E-state index in [-0.39, 0.29) is 51.3 Å². The molecule has 45 heavy (non-hydrogen) atoms. The number of sulfonamides is 1. The van der Waals surface area contributed by atoms with Crippen molar-refractivity contribution in [2.45, 2.75) is 56.2 Å². The van der Waals surface area contributed by atoms with Gasteiger partial charge in [-0.2, -0.15) is 13.2 Å². The van der Waals surface area contributed by atoms with E-state index in [0.29, 0.717) is 17.3 Å². The van der Waals surface area contributed by atoms with E-state index in [1.165, 1.54) is 56.3 Å². The molecule has 0 saturated carbocycles. The second kappa shape index (κ2) is 12.7. The summed E-state index contributed by atoms with van der Waals surface area (Å²) in [6.07, 6.45) is -2.79. The third kappa shape index (κ3) is 6.34. The van der Waals surface area contributed by atoms with Gasteiger partial charge in [-0.25, -0.2) is 22.3 Å². The number of hydrogen-bond acceptors (Lipinski definition) is 9. The Hall–Kier alpha value is -4.17. The molecule has 3 aliphatic rings. The molecular formula is C31H31F3N2O8S. The molecule has 2 unspecified atom stereocenters. The lowest BCUT2D eigenvalue weighted by Gasteiger charge is -2.32. The van der Waals surface area contributed by atoms with Gasteiger partial charge >= 0.3 is 18.1 Å². The third-order valence-electron chi connectivity index (χ3n) is 7.89. The number of esters is 2. The number of fused-ring (bicyclic) bond motifs is 1. The van der Waals surface area contributed by atoms with E-state index in [1.54, 1.807) is 0 Å². The molecule has 2 atom stereocenters. The predicted octanol–water partition coefficient (Wildman–Crippen LogP) is 4.44. The summed E-state index contributed by atoms with van der Waals surface area (Å²) >= 11 is 0. The van der Waals surface area contributed by atoms with Crippen molar-refractivity contribution in [2.75, 3.05) is 26.4 Å². The molecule has 0 radical (unpaired) electrons. The van der Waals surface area contributed by atoms with E-state index < -0.39 is 58.7 Å². The van der Waals surface area contributed by atoms with Crippen LogP contribution in [0.4, 0.5) is 13.2 Å². The number of ether oxygens (including phenoxy) is 3. The summed E-state index contributed by atoms with van der Waals surface area (Å²) < 4.78 is 85.6. The first-order valence-electron chi connectivity index (χ1n) is 14.3. The van der Waals surface area contributed by atoms with Gasteiger partial charge in [-0.1, -0.05) is 30.3 Å². The lowest BCUT2D eigenvalue weighted by atomic mass is 9.78. The molecule has 0 aromatic heterocycles. The minimum absolute atomic E-state index is 0.0231. The predicted molar refractivity (Wildman–Crippen MR) is 153 cm³/mol. The molecule has 14 heteroatoms. The summed E-state index contributed by atoms with van der Waals surface area (Å²) in [5.41, 5.74) is -1.65. The Balaban J connectivity index is 1.43. The lowest BCUT2D eigenvalue weighted by Crippen LogP contribution is -2.36. The fraction of sp³-hybridized carbons (Fsp3) is 0.387. The number of dihydropyridines is 1. The average molecular weight is 649 g/mol. The van der Waals surface area contributed by atoms with Crippen molar-refractivity contribution < 1.29 is 50.2 Å². The SMILES string of the molecule is CC1=C(C(=O)OCCN2C(=O)c3ccccc3S2(=O)=O)C(c2ccccc2C(F)(F)F)C(C(=O)OCC2CCCCO2)=C(C)N1. The number of carbonyl (C=O) groups excluding carboxylic acids is 3. The maximum atomic E-state index is 14.3. The second-order valence-corrected chi connectivity index (χ2v) is 12.7. The van der Waals surface area contributed by atoms with Crippen LogP contribution in [0.25, 0.3) is 0 Å². The molecule has 1 fully saturated rings. The highest BCUT2D eigenvalue weighted by molar-refractivity contribution is 7.90. The molecule has 240 valence electrons. The Morgan fingerprint density at radius 3 is 2.27 bits per heavy atom. The van der Waals surface area contributed by atoms with E-state index in [9.17, 15) is 36.0 Å². The van der Waals surface area contributed by atoms with E-state index in [0.717, 1.165) is 18.9 Å². The first kappa shape index (κ1) is 32.2. The fourth-order valence-electron chi connectivity index (χ4n) is 5.79. The summed E-state index contributed by atoms with van der Waals surface area (Å²) in [6.45, 7) is 2.20. The first-order chi connectivity index (χ1) is 21.3. The molecule has 1 saturated heterocycles. The highest BCUT2D eigenvalue weighted by atomic mass is 32.2. The molecule has 3 aliphatic heterocycles. The smallest absolute Gasteiger partial charge is 0.416 e. The van der Waals surface area contributed by atoms with Crippen LogP contribution in [-0.2, 0) is 40.0 Å². The quantitative estimate of drug-likeness (QED) is 0.413. The van der Waals surface area contributed by atoms with Crippen LogP contribution < -0.4 is 5.32 Å². The van der Waals surface area contributed by atoms with Gasteiger partial charge < -0.3 is 19.5 Å². The van der Waals surface area contributed by atoms with Crippen molar-refractivity contribution in [1.82, 2.24) is 9.62 Å². The van der Waals surface area contributed by atoms with Crippen molar-refractivity contribution in [3.63, 3.8) is 0 Å². The van der Waals surface area contributed by atoms with Gasteiger partial charge in [0.25, 0.3) is 15.9 Å². The number of nitrogens with one attached hydrogen (secondary N) is 1. The zero-order chi connectivity index (χ0) is 32.5. The molecule has 0 bridgehead atoms. The molecule has 0 spiro atoms. The van der Waals surface area contributed by atoms with Crippen LogP contribution in [0.1, 0.15) is 60.5 Å². The number of halogens is 3. The van der Waals surface area contributed by atoms with E-state index in [4.69, 9.17) is 14.2 Å². The Kier molecular flexibility index (Phi) is 9.08. The second-order valence-electron chi connectivity index (χ2n) is 10.8. The van der Waals surface area contributed by atoms with Crippen LogP contribution in [0.2, 0.25) is 0 Å². The number of hydrogen-bond donors (Lipinski definition) is 1. The van der Waals surface area contributed by atoms with Gasteiger partial charge in [0.15, 0.2) is 0 Å². The number of benzene rings is 2. The van der Waals surface area contributed by atoms with Gasteiger partial charge in [-0.05, 0) is 56.9 Å². The Labute approximate surface area is 257 Å². The van der Waals surface area contributed by atoms with Gasteiger partial charge in [-0.15, -0.1) is 0 Å². The zero-order valence-corrected chi connectivity index (χ0v) is 25.3. The van der Waals surface area contributed by atoms with Crippen LogP contribution >= 0.6 is 0 Å². The number of allylic oxidation sites excluding steroid dienone is 2. The van der Waals surface area contributed by atoms with Gasteiger partial charge in [0.2, 0.25) is 0 Å². The largest absolute Gasteiger partial charge is 0.460 e. The average Bonchev–Trinajstić information content (AvgIpc) is 3.20. The van der Waals surface area contributed by atoms with Crippen molar-refractivity contribution in [3.8, 4) is 0 Å². The van der Waals surface area contributed by atoms with Crippen LogP contribution in [0, 0.1) is 0 Å². The molecular weight excluding hydrogens is 617 g/mol. The molecule has 3 heterocycles. The maximum Gasteiger partial charge on any atom is 0.416 e. The van der Waals surface area contributed by atoms with E-state index in [1.807, 2.05) is 0 Å². The minimum Gasteiger partial charge on any atom is -0.460 e. The number of carbonyl (C=O) groups is 3. The van der Waals surface area contributed by atoms with Crippen molar-refractivity contribution in [1.29, 1.82) is 0 Å². The number of amides is 1. The molecule has 0 aliphatic carbocycles. The first-order valence-corrected chi connectivity index (χ1v) is 15.7. The number of nitrogens with zero attached hydrogens (tertiary/aromatic N) is 1. The minimum atomic E-state index is -4.83. The summed E-state index contributed by atoms with van der Waals surface area (Å²) in [5, 5.41) is 2.89. The molecule has 5 rings (SSSR count). The van der Waals surface area contributed by atoms with E-state index >= 15 is 0 Å². The standard InChI is InChI=1S/C31H31F3N2O8S/c1-18-25(29(38)43-16-14-36-28(37)22-11-4-6-13-24(22)45(36,40)41)27(21-10-3-5-12-23(21)31(32,33)34)26(19(2)35-18)30(39)44-17-20-9-7-8-15-42-20/h3-6,10-13,20,27,35H,7-9,14-17H2,1-2H3. The number of alkyl halides is 3. The fourth-order valence-corrected chi connectivity index (χ4v) is 7.34. The highest BCUT2D eigenvalue weighted by Crippen LogP contribution is 2.44. The normalized spacial score (nSPS) is 21.4. The lowest BCUT2D eigenvalue weighted by molar-refractivity contribution is -0.145. The highest BCUT2D eigenvalue weighted by Gasteiger charge is 2.44. The van der Waals surface area contributed by atoms with Crippen LogP contribution in [0.5, 0.6) is 0 Å². The Morgan fingerprint density at radius 2 is 1.62 bits per heavy atom. The Morgan fingerprint density at radius 1 is 0.978 bits per heavy atom. The molecule has 10 nitrogen and oxygen atoms in total. The zero-order valence-electron chi connectivity index (χ0n) is 24.5. The molecule has 1 amide bonds. The third-order valence-corrected chi connectivity index (χ3v) is 9.73. The van der Waals surface area contributed by atoms with Crippen LogP contribution in [0.15, 0.2) is 76.0 Å². The Bertz CT molecular complexity index is 1690. The number of rotatable bonds is 8. The van der Waals surface area contributed by atoms with E-state index in [2.05, 4.69) is 5.32 Å².